The van der Waals surface area contributed by atoms with Gasteiger partial charge in [0.1, 0.15) is 5.82 Å². The van der Waals surface area contributed by atoms with E-state index in [4.69, 9.17) is 9.47 Å². The Labute approximate surface area is 174 Å². The molecule has 8 nitrogen and oxygen atoms in total. The summed E-state index contributed by atoms with van der Waals surface area (Å²) in [7, 11) is 1.50. The van der Waals surface area contributed by atoms with Gasteiger partial charge < -0.3 is 14.8 Å². The molecule has 0 fully saturated rings. The molecular formula is C21H24FN5O3. The van der Waals surface area contributed by atoms with E-state index in [2.05, 4.69) is 34.7 Å². The number of amides is 1. The van der Waals surface area contributed by atoms with Crippen molar-refractivity contribution >= 4 is 11.6 Å². The molecule has 0 aliphatic heterocycles. The van der Waals surface area contributed by atoms with E-state index in [1.807, 2.05) is 0 Å². The van der Waals surface area contributed by atoms with E-state index >= 15 is 0 Å². The lowest BCUT2D eigenvalue weighted by atomic mass is 10.1. The van der Waals surface area contributed by atoms with Gasteiger partial charge >= 0.3 is 0 Å². The highest BCUT2D eigenvalue weighted by Crippen LogP contribution is 2.29. The Morgan fingerprint density at radius 2 is 2.00 bits per heavy atom. The van der Waals surface area contributed by atoms with Crippen LogP contribution >= 0.6 is 0 Å². The maximum Gasteiger partial charge on any atom is 0.255 e. The van der Waals surface area contributed by atoms with Gasteiger partial charge in [0, 0.05) is 5.56 Å². The number of carbonyl (C=O) groups excluding carboxylic acids is 1. The number of nitrogens with one attached hydrogen (secondary N) is 1. The molecule has 0 spiro atoms. The summed E-state index contributed by atoms with van der Waals surface area (Å²) in [6.07, 6.45) is 0.905. The van der Waals surface area contributed by atoms with Crippen LogP contribution in [0.3, 0.4) is 0 Å². The molecule has 0 unspecified atom stereocenters. The van der Waals surface area contributed by atoms with Gasteiger partial charge in [0.15, 0.2) is 17.3 Å². The van der Waals surface area contributed by atoms with Crippen LogP contribution < -0.4 is 14.8 Å². The SMILES string of the molecule is COc1cc(C(=O)Nc2cc(-n3nnnc3C)ccc2F)ccc1OCCC(C)C. The molecule has 1 N–H and O–H groups in total. The van der Waals surface area contributed by atoms with Crippen LogP contribution in [0, 0.1) is 18.7 Å². The molecule has 2 aromatic carbocycles. The Bertz CT molecular complexity index is 1040. The minimum absolute atomic E-state index is 0.0172. The second-order valence-electron chi connectivity index (χ2n) is 7.15. The van der Waals surface area contributed by atoms with Crippen molar-refractivity contribution in [2.24, 2.45) is 5.92 Å². The summed E-state index contributed by atoms with van der Waals surface area (Å²) in [5.41, 5.74) is 0.857. The molecule has 1 aromatic heterocycles. The molecule has 30 heavy (non-hydrogen) atoms. The second-order valence-corrected chi connectivity index (χ2v) is 7.15. The predicted octanol–water partition coefficient (Wildman–Crippen LogP) is 3.80. The third-order valence-electron chi connectivity index (χ3n) is 4.45. The van der Waals surface area contributed by atoms with Crippen molar-refractivity contribution in [2.45, 2.75) is 27.2 Å². The maximum atomic E-state index is 14.3. The van der Waals surface area contributed by atoms with Gasteiger partial charge in [0.05, 0.1) is 25.1 Å². The summed E-state index contributed by atoms with van der Waals surface area (Å²) in [5, 5.41) is 13.8. The van der Waals surface area contributed by atoms with Crippen LogP contribution in [0.15, 0.2) is 36.4 Å². The third kappa shape index (κ3) is 4.91. The van der Waals surface area contributed by atoms with E-state index in [1.54, 1.807) is 25.1 Å². The summed E-state index contributed by atoms with van der Waals surface area (Å²) in [4.78, 5) is 12.7. The molecule has 0 bridgehead atoms. The molecule has 9 heteroatoms. The van der Waals surface area contributed by atoms with E-state index < -0.39 is 11.7 Å². The fourth-order valence-electron chi connectivity index (χ4n) is 2.74. The summed E-state index contributed by atoms with van der Waals surface area (Å²) >= 11 is 0. The first-order chi connectivity index (χ1) is 14.4. The number of nitrogens with zero attached hydrogens (tertiary/aromatic N) is 4. The normalized spacial score (nSPS) is 10.9. The highest BCUT2D eigenvalue weighted by atomic mass is 19.1. The summed E-state index contributed by atoms with van der Waals surface area (Å²) in [6, 6.07) is 9.09. The van der Waals surface area contributed by atoms with Crippen LogP contribution in [0.4, 0.5) is 10.1 Å². The number of halogens is 1. The number of hydrogen-bond donors (Lipinski definition) is 1. The van der Waals surface area contributed by atoms with Gasteiger partial charge in [-0.05, 0) is 66.1 Å². The number of methoxy groups -OCH3 is 1. The highest BCUT2D eigenvalue weighted by Gasteiger charge is 2.15. The smallest absolute Gasteiger partial charge is 0.255 e. The van der Waals surface area contributed by atoms with Crippen LogP contribution in [-0.4, -0.2) is 39.8 Å². The van der Waals surface area contributed by atoms with Crippen molar-refractivity contribution in [3.63, 3.8) is 0 Å². The molecule has 0 aliphatic carbocycles. The summed E-state index contributed by atoms with van der Waals surface area (Å²) < 4.78 is 26.8. The molecule has 1 amide bonds. The van der Waals surface area contributed by atoms with Crippen LogP contribution in [0.5, 0.6) is 11.5 Å². The summed E-state index contributed by atoms with van der Waals surface area (Å²) in [5.74, 6) is 0.993. The molecular weight excluding hydrogens is 389 g/mol. The van der Waals surface area contributed by atoms with Crippen LogP contribution in [0.25, 0.3) is 5.69 Å². The fraction of sp³-hybridized carbons (Fsp3) is 0.333. The Balaban J connectivity index is 1.78. The molecule has 0 atom stereocenters. The second kappa shape index (κ2) is 9.34. The highest BCUT2D eigenvalue weighted by molar-refractivity contribution is 6.04. The first kappa shape index (κ1) is 21.2. The van der Waals surface area contributed by atoms with Gasteiger partial charge in [-0.1, -0.05) is 13.8 Å². The first-order valence-corrected chi connectivity index (χ1v) is 9.56. The lowest BCUT2D eigenvalue weighted by molar-refractivity contribution is 0.102. The number of carbonyl (C=O) groups is 1. The van der Waals surface area contributed by atoms with E-state index in [9.17, 15) is 9.18 Å². The van der Waals surface area contributed by atoms with E-state index in [1.165, 1.54) is 30.0 Å². The number of tetrazole rings is 1. The number of ether oxygens (including phenoxy) is 2. The lowest BCUT2D eigenvalue weighted by Crippen LogP contribution is -2.14. The molecule has 0 saturated carbocycles. The Morgan fingerprint density at radius 3 is 2.67 bits per heavy atom. The molecule has 3 rings (SSSR count). The number of anilines is 1. The van der Waals surface area contributed by atoms with Gasteiger partial charge in [-0.25, -0.2) is 4.39 Å². The van der Waals surface area contributed by atoms with Gasteiger partial charge in [-0.2, -0.15) is 4.68 Å². The number of aryl methyl sites for hydroxylation is 1. The lowest BCUT2D eigenvalue weighted by Gasteiger charge is -2.13. The molecule has 158 valence electrons. The summed E-state index contributed by atoms with van der Waals surface area (Å²) in [6.45, 7) is 6.50. The topological polar surface area (TPSA) is 91.2 Å². The average Bonchev–Trinajstić information content (AvgIpc) is 3.15. The van der Waals surface area contributed by atoms with E-state index in [0.717, 1.165) is 6.42 Å². The Kier molecular flexibility index (Phi) is 6.61. The van der Waals surface area contributed by atoms with Crippen molar-refractivity contribution < 1.29 is 18.7 Å². The van der Waals surface area contributed by atoms with Gasteiger partial charge in [-0.3, -0.25) is 4.79 Å². The van der Waals surface area contributed by atoms with Gasteiger partial charge in [0.25, 0.3) is 5.91 Å². The Morgan fingerprint density at radius 1 is 1.20 bits per heavy atom. The quantitative estimate of drug-likeness (QED) is 0.604. The van der Waals surface area contributed by atoms with Crippen molar-refractivity contribution in [3.8, 4) is 17.2 Å². The van der Waals surface area contributed by atoms with Crippen molar-refractivity contribution in [3.05, 3.63) is 53.6 Å². The number of aromatic nitrogens is 4. The van der Waals surface area contributed by atoms with Gasteiger partial charge in [-0.15, -0.1) is 5.10 Å². The maximum absolute atomic E-state index is 14.3. The zero-order valence-electron chi connectivity index (χ0n) is 17.3. The first-order valence-electron chi connectivity index (χ1n) is 9.56. The minimum atomic E-state index is -0.571. The molecule has 3 aromatic rings. The van der Waals surface area contributed by atoms with Crippen molar-refractivity contribution in [1.82, 2.24) is 20.2 Å². The standard InChI is InChI=1S/C21H24FN5O3/c1-13(2)9-10-30-19-8-5-15(11-20(19)29-4)21(28)23-18-12-16(6-7-17(18)22)27-14(3)24-25-26-27/h5-8,11-13H,9-10H2,1-4H3,(H,23,28). The van der Waals surface area contributed by atoms with Crippen LogP contribution in [-0.2, 0) is 0 Å². The van der Waals surface area contributed by atoms with E-state index in [0.29, 0.717) is 41.1 Å². The zero-order valence-corrected chi connectivity index (χ0v) is 17.3. The Hall–Kier alpha value is -3.49. The molecule has 1 heterocycles. The van der Waals surface area contributed by atoms with Gasteiger partial charge in [0.2, 0.25) is 0 Å². The molecule has 0 aliphatic rings. The molecule has 0 saturated heterocycles. The monoisotopic (exact) mass is 413 g/mol. The zero-order chi connectivity index (χ0) is 21.7. The third-order valence-corrected chi connectivity index (χ3v) is 4.45. The predicted molar refractivity (Wildman–Crippen MR) is 110 cm³/mol. The largest absolute Gasteiger partial charge is 0.493 e. The van der Waals surface area contributed by atoms with E-state index in [-0.39, 0.29) is 5.69 Å². The van der Waals surface area contributed by atoms with Crippen molar-refractivity contribution in [2.75, 3.05) is 19.0 Å². The minimum Gasteiger partial charge on any atom is -0.493 e. The average molecular weight is 413 g/mol. The fourth-order valence-corrected chi connectivity index (χ4v) is 2.74. The molecule has 0 radical (unpaired) electrons. The van der Waals surface area contributed by atoms with Crippen LogP contribution in [0.1, 0.15) is 36.5 Å². The number of benzene rings is 2. The van der Waals surface area contributed by atoms with Crippen molar-refractivity contribution in [1.29, 1.82) is 0 Å². The number of hydrogen-bond acceptors (Lipinski definition) is 6. The van der Waals surface area contributed by atoms with Crippen LogP contribution in [0.2, 0.25) is 0 Å². The number of rotatable bonds is 8.